The maximum absolute atomic E-state index is 12.7. The number of hydrogen-bond donors (Lipinski definition) is 0. The van der Waals surface area contributed by atoms with Crippen LogP contribution in [0, 0.1) is 25.2 Å². The van der Waals surface area contributed by atoms with Crippen molar-refractivity contribution in [3.8, 4) is 6.07 Å². The first-order chi connectivity index (χ1) is 10.7. The molecule has 1 amide bonds. The zero-order chi connectivity index (χ0) is 17.7. The van der Waals surface area contributed by atoms with E-state index in [4.69, 9.17) is 0 Å². The van der Waals surface area contributed by atoms with Crippen LogP contribution in [0.15, 0.2) is 11.6 Å². The van der Waals surface area contributed by atoms with Crippen molar-refractivity contribution in [3.63, 3.8) is 0 Å². The zero-order valence-electron chi connectivity index (χ0n) is 15.5. The molecule has 4 heteroatoms. The topological polar surface area (TPSA) is 49.0 Å². The molecule has 0 aromatic carbocycles. The van der Waals surface area contributed by atoms with Crippen LogP contribution in [0.25, 0.3) is 6.08 Å². The molecule has 23 heavy (non-hydrogen) atoms. The highest BCUT2D eigenvalue weighted by Crippen LogP contribution is 2.20. The number of rotatable bonds is 6. The maximum Gasteiger partial charge on any atom is 0.264 e. The molecule has 126 valence electrons. The van der Waals surface area contributed by atoms with Crippen LogP contribution < -0.4 is 0 Å². The lowest BCUT2D eigenvalue weighted by atomic mass is 10.1. The molecule has 0 unspecified atom stereocenters. The molecule has 0 radical (unpaired) electrons. The van der Waals surface area contributed by atoms with E-state index in [0.29, 0.717) is 0 Å². The summed E-state index contributed by atoms with van der Waals surface area (Å²) in [5.74, 6) is -0.196. The van der Waals surface area contributed by atoms with Crippen molar-refractivity contribution in [3.05, 3.63) is 28.6 Å². The normalized spacial score (nSPS) is 11.9. The molecule has 0 fully saturated rings. The van der Waals surface area contributed by atoms with Crippen molar-refractivity contribution >= 4 is 12.0 Å². The van der Waals surface area contributed by atoms with Crippen LogP contribution >= 0.6 is 0 Å². The van der Waals surface area contributed by atoms with Crippen LogP contribution in [0.1, 0.15) is 58.0 Å². The molecule has 0 saturated carbocycles. The van der Waals surface area contributed by atoms with Gasteiger partial charge in [0.25, 0.3) is 5.91 Å². The zero-order valence-corrected chi connectivity index (χ0v) is 15.5. The highest BCUT2D eigenvalue weighted by molar-refractivity contribution is 6.02. The lowest BCUT2D eigenvalue weighted by molar-refractivity contribution is -0.130. The monoisotopic (exact) mass is 315 g/mol. The average Bonchev–Trinajstić information content (AvgIpc) is 2.71. The predicted molar refractivity (Wildman–Crippen MR) is 94.9 cm³/mol. The van der Waals surface area contributed by atoms with Crippen LogP contribution in [-0.4, -0.2) is 27.5 Å². The van der Waals surface area contributed by atoms with E-state index in [0.717, 1.165) is 29.9 Å². The fourth-order valence-electron chi connectivity index (χ4n) is 3.04. The molecule has 1 aromatic rings. The second kappa shape index (κ2) is 8.01. The minimum atomic E-state index is -0.196. The summed E-state index contributed by atoms with van der Waals surface area (Å²) in [5, 5.41) is 9.47. The highest BCUT2D eigenvalue weighted by Gasteiger charge is 2.24. The molecule has 0 atom stereocenters. The second-order valence-electron chi connectivity index (χ2n) is 6.55. The lowest BCUT2D eigenvalue weighted by Crippen LogP contribution is -2.42. The van der Waals surface area contributed by atoms with E-state index in [1.807, 2.05) is 40.7 Å². The molecule has 0 spiro atoms. The van der Waals surface area contributed by atoms with Gasteiger partial charge < -0.3 is 9.47 Å². The lowest BCUT2D eigenvalue weighted by Gasteiger charge is -2.30. The largest absolute Gasteiger partial charge is 0.349 e. The van der Waals surface area contributed by atoms with Crippen LogP contribution in [0.4, 0.5) is 0 Å². The van der Waals surface area contributed by atoms with Crippen molar-refractivity contribution in [1.82, 2.24) is 9.47 Å². The van der Waals surface area contributed by atoms with Gasteiger partial charge in [-0.05, 0) is 65.7 Å². The smallest absolute Gasteiger partial charge is 0.264 e. The summed E-state index contributed by atoms with van der Waals surface area (Å²) in [6.45, 7) is 15.1. The Morgan fingerprint density at radius 1 is 1.30 bits per heavy atom. The molecule has 0 bridgehead atoms. The first kappa shape index (κ1) is 19.0. The van der Waals surface area contributed by atoms with Gasteiger partial charge in [0.2, 0.25) is 0 Å². The van der Waals surface area contributed by atoms with Gasteiger partial charge in [0.1, 0.15) is 11.6 Å². The second-order valence-corrected chi connectivity index (χ2v) is 6.55. The van der Waals surface area contributed by atoms with E-state index in [-0.39, 0.29) is 23.6 Å². The summed E-state index contributed by atoms with van der Waals surface area (Å²) in [6.07, 6.45) is 2.78. The van der Waals surface area contributed by atoms with Gasteiger partial charge in [-0.1, -0.05) is 6.92 Å². The summed E-state index contributed by atoms with van der Waals surface area (Å²) in [4.78, 5) is 14.5. The number of nitriles is 1. The van der Waals surface area contributed by atoms with Gasteiger partial charge in [0, 0.05) is 30.0 Å². The van der Waals surface area contributed by atoms with Crippen molar-refractivity contribution in [2.45, 2.75) is 73.5 Å². The summed E-state index contributed by atoms with van der Waals surface area (Å²) in [6, 6.07) is 4.26. The fourth-order valence-corrected chi connectivity index (χ4v) is 3.04. The Balaban J connectivity index is 3.26. The standard InChI is InChI=1S/C19H29N3O/c1-8-9-21-15(6)10-17(16(21)7)11-18(12-20)19(23)22(13(2)3)14(4)5/h10-11,13-14H,8-9H2,1-7H3/b18-11-. The van der Waals surface area contributed by atoms with Crippen molar-refractivity contribution in [2.24, 2.45) is 0 Å². The Hall–Kier alpha value is -2.02. The third-order valence-electron chi connectivity index (χ3n) is 4.06. The van der Waals surface area contributed by atoms with Crippen LogP contribution in [0.2, 0.25) is 0 Å². The quantitative estimate of drug-likeness (QED) is 0.587. The number of carbonyl (C=O) groups excluding carboxylic acids is 1. The van der Waals surface area contributed by atoms with E-state index < -0.39 is 0 Å². The number of amides is 1. The van der Waals surface area contributed by atoms with Crippen LogP contribution in [0.3, 0.4) is 0 Å². The van der Waals surface area contributed by atoms with Crippen LogP contribution in [-0.2, 0) is 11.3 Å². The molecular formula is C19H29N3O. The van der Waals surface area contributed by atoms with E-state index in [1.54, 1.807) is 11.0 Å². The van der Waals surface area contributed by atoms with E-state index in [9.17, 15) is 10.1 Å². The molecular weight excluding hydrogens is 286 g/mol. The molecule has 0 N–H and O–H groups in total. The summed E-state index contributed by atoms with van der Waals surface area (Å²) in [5.41, 5.74) is 3.41. The van der Waals surface area contributed by atoms with Crippen molar-refractivity contribution in [1.29, 1.82) is 5.26 Å². The Bertz CT molecular complexity index is 622. The van der Waals surface area contributed by atoms with Gasteiger partial charge in [-0.25, -0.2) is 0 Å². The first-order valence-corrected chi connectivity index (χ1v) is 8.35. The molecule has 1 rings (SSSR count). The minimum absolute atomic E-state index is 0.0618. The SMILES string of the molecule is CCCn1c(C)cc(/C=C(/C#N)C(=O)N(C(C)C)C(C)C)c1C. The fraction of sp³-hybridized carbons (Fsp3) is 0.579. The Morgan fingerprint density at radius 2 is 1.87 bits per heavy atom. The minimum Gasteiger partial charge on any atom is -0.349 e. The molecule has 4 nitrogen and oxygen atoms in total. The number of aryl methyl sites for hydroxylation is 1. The average molecular weight is 315 g/mol. The molecule has 0 saturated heterocycles. The Labute approximate surface area is 140 Å². The summed E-state index contributed by atoms with van der Waals surface area (Å²) >= 11 is 0. The molecule has 1 heterocycles. The van der Waals surface area contributed by atoms with E-state index >= 15 is 0 Å². The van der Waals surface area contributed by atoms with Crippen LogP contribution in [0.5, 0.6) is 0 Å². The third-order valence-corrected chi connectivity index (χ3v) is 4.06. The molecule has 0 aliphatic rings. The van der Waals surface area contributed by atoms with Gasteiger partial charge in [0.15, 0.2) is 0 Å². The first-order valence-electron chi connectivity index (χ1n) is 8.35. The number of nitrogens with zero attached hydrogens (tertiary/aromatic N) is 3. The Morgan fingerprint density at radius 3 is 2.30 bits per heavy atom. The Kier molecular flexibility index (Phi) is 6.62. The summed E-state index contributed by atoms with van der Waals surface area (Å²) in [7, 11) is 0. The third kappa shape index (κ3) is 4.25. The van der Waals surface area contributed by atoms with Crippen molar-refractivity contribution < 1.29 is 4.79 Å². The number of hydrogen-bond acceptors (Lipinski definition) is 2. The maximum atomic E-state index is 12.7. The number of carbonyl (C=O) groups is 1. The van der Waals surface area contributed by atoms with Gasteiger partial charge in [-0.2, -0.15) is 5.26 Å². The molecule has 1 aromatic heterocycles. The molecule has 0 aliphatic heterocycles. The van der Waals surface area contributed by atoms with Gasteiger partial charge in [-0.3, -0.25) is 4.79 Å². The van der Waals surface area contributed by atoms with Gasteiger partial charge >= 0.3 is 0 Å². The van der Waals surface area contributed by atoms with Gasteiger partial charge in [0.05, 0.1) is 0 Å². The van der Waals surface area contributed by atoms with E-state index in [1.165, 1.54) is 0 Å². The number of aromatic nitrogens is 1. The predicted octanol–water partition coefficient (Wildman–Crippen LogP) is 4.07. The van der Waals surface area contributed by atoms with Gasteiger partial charge in [-0.15, -0.1) is 0 Å². The van der Waals surface area contributed by atoms with E-state index in [2.05, 4.69) is 24.5 Å². The summed E-state index contributed by atoms with van der Waals surface area (Å²) < 4.78 is 2.23. The molecule has 0 aliphatic carbocycles. The van der Waals surface area contributed by atoms with Crippen molar-refractivity contribution in [2.75, 3.05) is 0 Å². The highest BCUT2D eigenvalue weighted by atomic mass is 16.2.